The zero-order chi connectivity index (χ0) is 15.7. The SMILES string of the molecule is CC(C1=NC(C)(C)CO1)c1ccc(C(=O)C2CCCC2)cc1. The van der Waals surface area contributed by atoms with Crippen LogP contribution in [-0.2, 0) is 4.74 Å². The first-order chi connectivity index (χ1) is 10.5. The van der Waals surface area contributed by atoms with Crippen LogP contribution in [0.25, 0.3) is 0 Å². The van der Waals surface area contributed by atoms with E-state index in [4.69, 9.17) is 4.74 Å². The largest absolute Gasteiger partial charge is 0.478 e. The van der Waals surface area contributed by atoms with E-state index < -0.39 is 0 Å². The predicted octanol–water partition coefficient (Wildman–Crippen LogP) is 4.37. The number of nitrogens with zero attached hydrogens (tertiary/aromatic N) is 1. The molecule has 1 fully saturated rings. The number of aliphatic imine (C=N–C) groups is 1. The monoisotopic (exact) mass is 299 g/mol. The highest BCUT2D eigenvalue weighted by molar-refractivity contribution is 5.98. The van der Waals surface area contributed by atoms with Crippen LogP contribution in [0.4, 0.5) is 0 Å². The molecule has 118 valence electrons. The lowest BCUT2D eigenvalue weighted by molar-refractivity contribution is 0.0923. The molecule has 1 saturated carbocycles. The number of Topliss-reactive ketones (excluding diaryl/α,β-unsaturated/α-hetero) is 1. The topological polar surface area (TPSA) is 38.7 Å². The maximum atomic E-state index is 12.4. The molecule has 1 aromatic carbocycles. The summed E-state index contributed by atoms with van der Waals surface area (Å²) in [6.07, 6.45) is 4.49. The Morgan fingerprint density at radius 1 is 1.23 bits per heavy atom. The lowest BCUT2D eigenvalue weighted by atomic mass is 9.93. The van der Waals surface area contributed by atoms with Gasteiger partial charge >= 0.3 is 0 Å². The van der Waals surface area contributed by atoms with E-state index in [0.717, 1.165) is 29.9 Å². The molecule has 0 N–H and O–H groups in total. The molecule has 2 aliphatic rings. The highest BCUT2D eigenvalue weighted by atomic mass is 16.5. The fourth-order valence-electron chi connectivity index (χ4n) is 3.34. The zero-order valence-corrected chi connectivity index (χ0v) is 13.8. The van der Waals surface area contributed by atoms with Crippen molar-refractivity contribution < 1.29 is 9.53 Å². The Morgan fingerprint density at radius 2 is 1.86 bits per heavy atom. The third kappa shape index (κ3) is 3.08. The van der Waals surface area contributed by atoms with Gasteiger partial charge in [0.25, 0.3) is 0 Å². The predicted molar refractivity (Wildman–Crippen MR) is 88.6 cm³/mol. The zero-order valence-electron chi connectivity index (χ0n) is 13.8. The Hall–Kier alpha value is -1.64. The summed E-state index contributed by atoms with van der Waals surface area (Å²) in [6.45, 7) is 6.91. The molecule has 3 heteroatoms. The summed E-state index contributed by atoms with van der Waals surface area (Å²) < 4.78 is 5.73. The summed E-state index contributed by atoms with van der Waals surface area (Å²) in [4.78, 5) is 17.1. The van der Waals surface area contributed by atoms with E-state index in [2.05, 4.69) is 25.8 Å². The molecule has 0 radical (unpaired) electrons. The molecule has 0 saturated heterocycles. The van der Waals surface area contributed by atoms with E-state index in [0.29, 0.717) is 12.4 Å². The van der Waals surface area contributed by atoms with Crippen LogP contribution in [0.1, 0.15) is 68.3 Å². The minimum Gasteiger partial charge on any atom is -0.478 e. The summed E-state index contributed by atoms with van der Waals surface area (Å²) in [5.41, 5.74) is 1.87. The summed E-state index contributed by atoms with van der Waals surface area (Å²) in [6, 6.07) is 8.02. The van der Waals surface area contributed by atoms with Crippen LogP contribution in [0.5, 0.6) is 0 Å². The van der Waals surface area contributed by atoms with E-state index in [-0.39, 0.29) is 17.4 Å². The Balaban J connectivity index is 1.72. The second-order valence-corrected chi connectivity index (χ2v) is 7.24. The second-order valence-electron chi connectivity index (χ2n) is 7.24. The fourth-order valence-corrected chi connectivity index (χ4v) is 3.34. The van der Waals surface area contributed by atoms with Crippen molar-refractivity contribution in [3.63, 3.8) is 0 Å². The molecule has 1 heterocycles. The molecule has 1 atom stereocenters. The smallest absolute Gasteiger partial charge is 0.191 e. The van der Waals surface area contributed by atoms with Crippen molar-refractivity contribution in [2.75, 3.05) is 6.61 Å². The van der Waals surface area contributed by atoms with Crippen LogP contribution < -0.4 is 0 Å². The number of ketones is 1. The van der Waals surface area contributed by atoms with Crippen LogP contribution in [0, 0.1) is 5.92 Å². The van der Waals surface area contributed by atoms with E-state index in [1.165, 1.54) is 12.8 Å². The van der Waals surface area contributed by atoms with Gasteiger partial charge in [-0.1, -0.05) is 37.1 Å². The minimum atomic E-state index is -0.123. The summed E-state index contributed by atoms with van der Waals surface area (Å²) in [5.74, 6) is 1.50. The molecule has 0 amide bonds. The van der Waals surface area contributed by atoms with Crippen molar-refractivity contribution in [2.45, 2.75) is 57.9 Å². The van der Waals surface area contributed by atoms with E-state index >= 15 is 0 Å². The molecule has 0 spiro atoms. The fraction of sp³-hybridized carbons (Fsp3) is 0.579. The Labute approximate surface area is 132 Å². The van der Waals surface area contributed by atoms with Gasteiger partial charge in [-0.3, -0.25) is 4.79 Å². The maximum absolute atomic E-state index is 12.4. The van der Waals surface area contributed by atoms with Crippen LogP contribution in [0.15, 0.2) is 29.3 Å². The quantitative estimate of drug-likeness (QED) is 0.774. The van der Waals surface area contributed by atoms with Gasteiger partial charge in [0, 0.05) is 11.5 Å². The van der Waals surface area contributed by atoms with Crippen molar-refractivity contribution in [2.24, 2.45) is 10.9 Å². The third-order valence-electron chi connectivity index (χ3n) is 4.78. The first-order valence-electron chi connectivity index (χ1n) is 8.33. The third-order valence-corrected chi connectivity index (χ3v) is 4.78. The van der Waals surface area contributed by atoms with Crippen molar-refractivity contribution in [1.29, 1.82) is 0 Å². The van der Waals surface area contributed by atoms with Crippen LogP contribution in [0.3, 0.4) is 0 Å². The normalized spacial score (nSPS) is 22.2. The van der Waals surface area contributed by atoms with Gasteiger partial charge in [0.2, 0.25) is 0 Å². The molecule has 1 aliphatic heterocycles. The van der Waals surface area contributed by atoms with Crippen LogP contribution >= 0.6 is 0 Å². The highest BCUT2D eigenvalue weighted by Gasteiger charge is 2.30. The number of ether oxygens (including phenoxy) is 1. The summed E-state index contributed by atoms with van der Waals surface area (Å²) in [5, 5.41) is 0. The van der Waals surface area contributed by atoms with Crippen molar-refractivity contribution in [3.8, 4) is 0 Å². The van der Waals surface area contributed by atoms with Crippen molar-refractivity contribution in [1.82, 2.24) is 0 Å². The molecule has 1 aliphatic carbocycles. The maximum Gasteiger partial charge on any atom is 0.191 e. The second kappa shape index (κ2) is 5.86. The molecule has 1 unspecified atom stereocenters. The van der Waals surface area contributed by atoms with Gasteiger partial charge < -0.3 is 4.74 Å². The minimum absolute atomic E-state index is 0.123. The van der Waals surface area contributed by atoms with E-state index in [9.17, 15) is 4.79 Å². The van der Waals surface area contributed by atoms with Gasteiger partial charge in [0.1, 0.15) is 6.61 Å². The first-order valence-corrected chi connectivity index (χ1v) is 8.33. The summed E-state index contributed by atoms with van der Waals surface area (Å²) in [7, 11) is 0. The van der Waals surface area contributed by atoms with Gasteiger partial charge in [0.15, 0.2) is 11.7 Å². The van der Waals surface area contributed by atoms with Gasteiger partial charge in [-0.15, -0.1) is 0 Å². The number of hydrogen-bond donors (Lipinski definition) is 0. The first kappa shape index (κ1) is 15.3. The molecule has 22 heavy (non-hydrogen) atoms. The number of benzene rings is 1. The molecule has 0 bridgehead atoms. The van der Waals surface area contributed by atoms with Gasteiger partial charge in [-0.25, -0.2) is 4.99 Å². The Kier molecular flexibility index (Phi) is 4.07. The highest BCUT2D eigenvalue weighted by Crippen LogP contribution is 2.29. The number of hydrogen-bond acceptors (Lipinski definition) is 3. The van der Waals surface area contributed by atoms with Crippen LogP contribution in [-0.4, -0.2) is 23.8 Å². The number of carbonyl (C=O) groups excluding carboxylic acids is 1. The molecule has 1 aromatic rings. The molecule has 3 nitrogen and oxygen atoms in total. The Bertz CT molecular complexity index is 580. The molecule has 3 rings (SSSR count). The van der Waals surface area contributed by atoms with Crippen molar-refractivity contribution in [3.05, 3.63) is 35.4 Å². The van der Waals surface area contributed by atoms with Crippen LogP contribution in [0.2, 0.25) is 0 Å². The standard InChI is InChI=1S/C19H25NO2/c1-13(18-20-19(2,3)12-22-18)14-8-10-16(11-9-14)17(21)15-6-4-5-7-15/h8-11,13,15H,4-7,12H2,1-3H3. The average molecular weight is 299 g/mol. The number of carbonyl (C=O) groups is 1. The molecule has 0 aromatic heterocycles. The molecular weight excluding hydrogens is 274 g/mol. The lowest BCUT2D eigenvalue weighted by Gasteiger charge is -2.13. The average Bonchev–Trinajstić information content (AvgIpc) is 3.15. The van der Waals surface area contributed by atoms with E-state index in [1.54, 1.807) is 0 Å². The Morgan fingerprint density at radius 3 is 2.41 bits per heavy atom. The summed E-state index contributed by atoms with van der Waals surface area (Å²) >= 11 is 0. The number of rotatable bonds is 4. The van der Waals surface area contributed by atoms with E-state index in [1.807, 2.05) is 24.3 Å². The lowest BCUT2D eigenvalue weighted by Crippen LogP contribution is -2.17. The van der Waals surface area contributed by atoms with Crippen molar-refractivity contribution >= 4 is 11.7 Å². The van der Waals surface area contributed by atoms with Gasteiger partial charge in [-0.05, 0) is 39.2 Å². The van der Waals surface area contributed by atoms with Gasteiger partial charge in [-0.2, -0.15) is 0 Å². The van der Waals surface area contributed by atoms with Gasteiger partial charge in [0.05, 0.1) is 11.5 Å². The molecular formula is C19H25NO2.